The van der Waals surface area contributed by atoms with Crippen LogP contribution in [0.3, 0.4) is 0 Å². The van der Waals surface area contributed by atoms with Crippen molar-refractivity contribution in [2.45, 2.75) is 19.0 Å². The number of rotatable bonds is 5. The van der Waals surface area contributed by atoms with Crippen LogP contribution in [-0.4, -0.2) is 27.7 Å². The highest BCUT2D eigenvalue weighted by molar-refractivity contribution is 7.99. The number of ether oxygens (including phenoxy) is 1. The Morgan fingerprint density at radius 1 is 1.32 bits per heavy atom. The van der Waals surface area contributed by atoms with Gasteiger partial charge in [0, 0.05) is 5.75 Å². The lowest BCUT2D eigenvalue weighted by molar-refractivity contribution is 0.416. The van der Waals surface area contributed by atoms with Crippen molar-refractivity contribution in [3.05, 3.63) is 24.3 Å². The van der Waals surface area contributed by atoms with Crippen LogP contribution in [0.1, 0.15) is 13.8 Å². The summed E-state index contributed by atoms with van der Waals surface area (Å²) in [6.07, 6.45) is 0. The number of thioether (sulfide) groups is 1. The minimum atomic E-state index is 0.580. The molecule has 0 fully saturated rings. The summed E-state index contributed by atoms with van der Waals surface area (Å²) in [4.78, 5) is 0. The predicted molar refractivity (Wildman–Crippen MR) is 77.7 cm³/mol. The topological polar surface area (TPSA) is 66.0 Å². The molecule has 19 heavy (non-hydrogen) atoms. The second kappa shape index (κ2) is 5.97. The van der Waals surface area contributed by atoms with Crippen molar-refractivity contribution in [1.82, 2.24) is 14.9 Å². The fraction of sp³-hybridized carbons (Fsp3) is 0.385. The first-order chi connectivity index (χ1) is 9.13. The summed E-state index contributed by atoms with van der Waals surface area (Å²) in [7, 11) is 1.63. The molecule has 6 heteroatoms. The summed E-state index contributed by atoms with van der Waals surface area (Å²) < 4.78 is 6.84. The SMILES string of the molecule is COc1ccccc1-c1nnc(SCC(C)C)n1N. The largest absolute Gasteiger partial charge is 0.496 e. The van der Waals surface area contributed by atoms with E-state index < -0.39 is 0 Å². The zero-order valence-corrected chi connectivity index (χ0v) is 12.1. The van der Waals surface area contributed by atoms with Gasteiger partial charge in [0.1, 0.15) is 5.75 Å². The van der Waals surface area contributed by atoms with Crippen LogP contribution >= 0.6 is 11.8 Å². The van der Waals surface area contributed by atoms with Gasteiger partial charge in [-0.05, 0) is 18.1 Å². The predicted octanol–water partition coefficient (Wildman–Crippen LogP) is 2.42. The van der Waals surface area contributed by atoms with Gasteiger partial charge in [0.2, 0.25) is 5.16 Å². The monoisotopic (exact) mass is 278 g/mol. The summed E-state index contributed by atoms with van der Waals surface area (Å²) in [6, 6.07) is 7.63. The van der Waals surface area contributed by atoms with Crippen LogP contribution in [0, 0.1) is 5.92 Å². The first kappa shape index (κ1) is 13.7. The van der Waals surface area contributed by atoms with Gasteiger partial charge in [-0.2, -0.15) is 0 Å². The van der Waals surface area contributed by atoms with Crippen LogP contribution < -0.4 is 10.6 Å². The fourth-order valence-electron chi connectivity index (χ4n) is 1.63. The number of benzene rings is 1. The van der Waals surface area contributed by atoms with Crippen molar-refractivity contribution in [3.63, 3.8) is 0 Å². The molecule has 0 saturated heterocycles. The van der Waals surface area contributed by atoms with Gasteiger partial charge in [-0.25, -0.2) is 4.68 Å². The molecule has 1 heterocycles. The molecule has 0 unspecified atom stereocenters. The van der Waals surface area contributed by atoms with Crippen LogP contribution in [0.15, 0.2) is 29.4 Å². The van der Waals surface area contributed by atoms with Gasteiger partial charge in [0.25, 0.3) is 0 Å². The second-order valence-electron chi connectivity index (χ2n) is 4.58. The maximum atomic E-state index is 6.06. The van der Waals surface area contributed by atoms with Gasteiger partial charge in [-0.3, -0.25) is 0 Å². The molecule has 1 aromatic heterocycles. The van der Waals surface area contributed by atoms with Crippen LogP contribution in [0.2, 0.25) is 0 Å². The second-order valence-corrected chi connectivity index (χ2v) is 5.57. The molecule has 0 aliphatic rings. The van der Waals surface area contributed by atoms with Gasteiger partial charge < -0.3 is 10.6 Å². The van der Waals surface area contributed by atoms with E-state index in [0.717, 1.165) is 22.2 Å². The number of hydrogen-bond donors (Lipinski definition) is 1. The molecule has 0 aliphatic carbocycles. The Bertz CT molecular complexity index is 553. The number of methoxy groups -OCH3 is 1. The highest BCUT2D eigenvalue weighted by Crippen LogP contribution is 2.29. The smallest absolute Gasteiger partial charge is 0.210 e. The zero-order valence-electron chi connectivity index (χ0n) is 11.3. The summed E-state index contributed by atoms with van der Waals surface area (Å²) in [6.45, 7) is 4.32. The number of aromatic nitrogens is 3. The van der Waals surface area contributed by atoms with Crippen molar-refractivity contribution < 1.29 is 4.74 Å². The van der Waals surface area contributed by atoms with Crippen molar-refractivity contribution in [1.29, 1.82) is 0 Å². The molecule has 0 aliphatic heterocycles. The first-order valence-electron chi connectivity index (χ1n) is 6.10. The van der Waals surface area contributed by atoms with E-state index in [1.54, 1.807) is 18.9 Å². The van der Waals surface area contributed by atoms with E-state index in [1.807, 2.05) is 24.3 Å². The molecule has 1 aromatic carbocycles. The van der Waals surface area contributed by atoms with E-state index in [1.165, 1.54) is 4.68 Å². The average Bonchev–Trinajstić information content (AvgIpc) is 2.77. The van der Waals surface area contributed by atoms with E-state index in [9.17, 15) is 0 Å². The van der Waals surface area contributed by atoms with Crippen LogP contribution in [0.5, 0.6) is 5.75 Å². The van der Waals surface area contributed by atoms with E-state index in [4.69, 9.17) is 10.6 Å². The molecule has 0 amide bonds. The third kappa shape index (κ3) is 3.01. The van der Waals surface area contributed by atoms with Crippen LogP contribution in [0.4, 0.5) is 0 Å². The maximum absolute atomic E-state index is 6.06. The number of hydrogen-bond acceptors (Lipinski definition) is 5. The first-order valence-corrected chi connectivity index (χ1v) is 7.08. The van der Waals surface area contributed by atoms with Gasteiger partial charge in [0.15, 0.2) is 5.82 Å². The standard InChI is InChI=1S/C13H18N4OS/c1-9(2)8-19-13-16-15-12(17(13)14)10-6-4-5-7-11(10)18-3/h4-7,9H,8,14H2,1-3H3. The van der Waals surface area contributed by atoms with Gasteiger partial charge in [-0.15, -0.1) is 10.2 Å². The lowest BCUT2D eigenvalue weighted by Gasteiger charge is -2.08. The molecule has 102 valence electrons. The molecule has 2 N–H and O–H groups in total. The van der Waals surface area contributed by atoms with E-state index in [2.05, 4.69) is 24.0 Å². The number of nitrogens with zero attached hydrogens (tertiary/aromatic N) is 3. The Morgan fingerprint density at radius 2 is 2.05 bits per heavy atom. The maximum Gasteiger partial charge on any atom is 0.210 e. The molecule has 0 saturated carbocycles. The molecule has 0 bridgehead atoms. The Labute approximate surface area is 117 Å². The normalized spacial score (nSPS) is 10.9. The van der Waals surface area contributed by atoms with Crippen molar-refractivity contribution in [2.24, 2.45) is 5.92 Å². The Kier molecular flexibility index (Phi) is 4.31. The molecule has 0 spiro atoms. The van der Waals surface area contributed by atoms with Crippen molar-refractivity contribution >= 4 is 11.8 Å². The number of nitrogens with two attached hydrogens (primary N) is 1. The Hall–Kier alpha value is -1.69. The Balaban J connectivity index is 2.31. The summed E-state index contributed by atoms with van der Waals surface area (Å²) in [5.41, 5.74) is 0.844. The molecule has 2 rings (SSSR count). The molecule has 0 atom stereocenters. The molecular formula is C13H18N4OS. The zero-order chi connectivity index (χ0) is 13.8. The van der Waals surface area contributed by atoms with Gasteiger partial charge >= 0.3 is 0 Å². The minimum absolute atomic E-state index is 0.580. The lowest BCUT2D eigenvalue weighted by atomic mass is 10.2. The van der Waals surface area contributed by atoms with E-state index >= 15 is 0 Å². The quantitative estimate of drug-likeness (QED) is 0.672. The average molecular weight is 278 g/mol. The molecule has 0 radical (unpaired) electrons. The molecule has 2 aromatic rings. The summed E-state index contributed by atoms with van der Waals surface area (Å²) in [5, 5.41) is 9.01. The fourth-order valence-corrected chi connectivity index (χ4v) is 2.44. The van der Waals surface area contributed by atoms with Gasteiger partial charge in [0.05, 0.1) is 12.7 Å². The lowest BCUT2D eigenvalue weighted by Crippen LogP contribution is -2.12. The van der Waals surface area contributed by atoms with E-state index in [-0.39, 0.29) is 0 Å². The summed E-state index contributed by atoms with van der Waals surface area (Å²) in [5.74, 6) is 8.95. The van der Waals surface area contributed by atoms with Crippen LogP contribution in [-0.2, 0) is 0 Å². The third-order valence-electron chi connectivity index (χ3n) is 2.56. The highest BCUT2D eigenvalue weighted by Gasteiger charge is 2.15. The van der Waals surface area contributed by atoms with Gasteiger partial charge in [-0.1, -0.05) is 37.7 Å². The number of nitrogen functional groups attached to an aromatic ring is 1. The highest BCUT2D eigenvalue weighted by atomic mass is 32.2. The van der Waals surface area contributed by atoms with Crippen LogP contribution in [0.25, 0.3) is 11.4 Å². The van der Waals surface area contributed by atoms with E-state index in [0.29, 0.717) is 11.7 Å². The molecular weight excluding hydrogens is 260 g/mol. The van der Waals surface area contributed by atoms with Crippen molar-refractivity contribution in [2.75, 3.05) is 18.7 Å². The minimum Gasteiger partial charge on any atom is -0.496 e. The van der Waals surface area contributed by atoms with Crippen molar-refractivity contribution in [3.8, 4) is 17.1 Å². The molecule has 5 nitrogen and oxygen atoms in total. The summed E-state index contributed by atoms with van der Waals surface area (Å²) >= 11 is 1.61. The third-order valence-corrected chi connectivity index (χ3v) is 3.93. The Morgan fingerprint density at radius 3 is 2.74 bits per heavy atom. The number of para-hydroxylation sites is 1.